The number of hydrogen-bond acceptors (Lipinski definition) is 3. The van der Waals surface area contributed by atoms with Crippen molar-refractivity contribution < 1.29 is 9.59 Å². The molecule has 0 heterocycles. The smallest absolute Gasteiger partial charge is 0.239 e. The average Bonchev–Trinajstić information content (AvgIpc) is 2.37. The maximum atomic E-state index is 11.6. The van der Waals surface area contributed by atoms with Crippen LogP contribution in [-0.2, 0) is 16.0 Å². The lowest BCUT2D eigenvalue weighted by Crippen LogP contribution is -2.45. The number of amides is 2. The Morgan fingerprint density at radius 1 is 1.22 bits per heavy atom. The minimum absolute atomic E-state index is 0.0326. The summed E-state index contributed by atoms with van der Waals surface area (Å²) in [5.41, 5.74) is 6.76. The summed E-state index contributed by atoms with van der Waals surface area (Å²) in [6.07, 6.45) is 0.460. The van der Waals surface area contributed by atoms with Crippen molar-refractivity contribution in [3.05, 3.63) is 35.9 Å². The van der Waals surface area contributed by atoms with E-state index in [1.165, 1.54) is 0 Å². The van der Waals surface area contributed by atoms with Gasteiger partial charge in [-0.25, -0.2) is 0 Å². The fourth-order valence-corrected chi connectivity index (χ4v) is 1.52. The SMILES string of the molecule is CCNC(=O)CNC(=O)[C@@H](N)Cc1ccccc1. The number of nitrogens with one attached hydrogen (secondary N) is 2. The lowest BCUT2D eigenvalue weighted by molar-refractivity contribution is -0.126. The van der Waals surface area contributed by atoms with Crippen molar-refractivity contribution in [2.75, 3.05) is 13.1 Å². The number of rotatable bonds is 6. The van der Waals surface area contributed by atoms with Crippen molar-refractivity contribution in [3.8, 4) is 0 Å². The third-order valence-corrected chi connectivity index (χ3v) is 2.43. The molecule has 1 atom stereocenters. The third kappa shape index (κ3) is 4.97. The van der Waals surface area contributed by atoms with E-state index in [-0.39, 0.29) is 18.4 Å². The number of carbonyl (C=O) groups is 2. The molecule has 1 rings (SSSR count). The summed E-state index contributed by atoms with van der Waals surface area (Å²) >= 11 is 0. The van der Waals surface area contributed by atoms with Crippen LogP contribution in [0.3, 0.4) is 0 Å². The van der Waals surface area contributed by atoms with Crippen LogP contribution in [0.15, 0.2) is 30.3 Å². The Hall–Kier alpha value is -1.88. The molecule has 1 aromatic carbocycles. The van der Waals surface area contributed by atoms with Crippen molar-refractivity contribution >= 4 is 11.8 Å². The van der Waals surface area contributed by atoms with Crippen LogP contribution in [-0.4, -0.2) is 30.9 Å². The highest BCUT2D eigenvalue weighted by atomic mass is 16.2. The van der Waals surface area contributed by atoms with Gasteiger partial charge in [-0.05, 0) is 18.9 Å². The lowest BCUT2D eigenvalue weighted by Gasteiger charge is -2.12. The lowest BCUT2D eigenvalue weighted by atomic mass is 10.1. The van der Waals surface area contributed by atoms with Gasteiger partial charge in [-0.3, -0.25) is 9.59 Å². The number of likely N-dealkylation sites (N-methyl/N-ethyl adjacent to an activating group) is 1. The molecule has 0 aliphatic carbocycles. The fourth-order valence-electron chi connectivity index (χ4n) is 1.52. The van der Waals surface area contributed by atoms with Crippen LogP contribution in [0, 0.1) is 0 Å². The summed E-state index contributed by atoms with van der Waals surface area (Å²) in [4.78, 5) is 22.8. The minimum atomic E-state index is -0.637. The van der Waals surface area contributed by atoms with Gasteiger partial charge in [0, 0.05) is 6.54 Å². The Bertz CT molecular complexity index is 392. The van der Waals surface area contributed by atoms with Crippen molar-refractivity contribution in [1.82, 2.24) is 10.6 Å². The van der Waals surface area contributed by atoms with Gasteiger partial charge < -0.3 is 16.4 Å². The van der Waals surface area contributed by atoms with E-state index >= 15 is 0 Å². The molecule has 0 unspecified atom stereocenters. The molecule has 5 nitrogen and oxygen atoms in total. The monoisotopic (exact) mass is 249 g/mol. The molecule has 0 bridgehead atoms. The highest BCUT2D eigenvalue weighted by molar-refractivity contribution is 5.87. The molecule has 4 N–H and O–H groups in total. The van der Waals surface area contributed by atoms with Crippen LogP contribution >= 0.6 is 0 Å². The molecule has 0 aliphatic rings. The van der Waals surface area contributed by atoms with Gasteiger partial charge in [-0.1, -0.05) is 30.3 Å². The summed E-state index contributed by atoms with van der Waals surface area (Å²) in [7, 11) is 0. The predicted octanol–water partition coefficient (Wildman–Crippen LogP) is -0.191. The molecule has 98 valence electrons. The molecule has 2 amide bonds. The largest absolute Gasteiger partial charge is 0.355 e. The number of carbonyl (C=O) groups excluding carboxylic acids is 2. The molecule has 1 aromatic rings. The molecule has 0 aliphatic heterocycles. The Morgan fingerprint density at radius 3 is 2.50 bits per heavy atom. The predicted molar refractivity (Wildman–Crippen MR) is 69.8 cm³/mol. The van der Waals surface area contributed by atoms with E-state index in [4.69, 9.17) is 5.73 Å². The van der Waals surface area contributed by atoms with E-state index in [9.17, 15) is 9.59 Å². The summed E-state index contributed by atoms with van der Waals surface area (Å²) < 4.78 is 0. The summed E-state index contributed by atoms with van der Waals surface area (Å²) in [6, 6.07) is 8.89. The molecule has 0 saturated heterocycles. The minimum Gasteiger partial charge on any atom is -0.355 e. The highest BCUT2D eigenvalue weighted by Gasteiger charge is 2.14. The fraction of sp³-hybridized carbons (Fsp3) is 0.385. The van der Waals surface area contributed by atoms with Crippen LogP contribution < -0.4 is 16.4 Å². The van der Waals surface area contributed by atoms with E-state index in [0.717, 1.165) is 5.56 Å². The third-order valence-electron chi connectivity index (χ3n) is 2.43. The summed E-state index contributed by atoms with van der Waals surface area (Å²) in [5, 5.41) is 5.11. The van der Waals surface area contributed by atoms with Gasteiger partial charge in [0.15, 0.2) is 0 Å². The molecule has 0 aromatic heterocycles. The highest BCUT2D eigenvalue weighted by Crippen LogP contribution is 2.01. The van der Waals surface area contributed by atoms with Crippen LogP contribution in [0.1, 0.15) is 12.5 Å². The molecule has 0 saturated carbocycles. The summed E-state index contributed by atoms with van der Waals surface area (Å²) in [6.45, 7) is 2.33. The first-order valence-corrected chi connectivity index (χ1v) is 5.97. The second-order valence-electron chi connectivity index (χ2n) is 3.97. The van der Waals surface area contributed by atoms with E-state index in [1.807, 2.05) is 37.3 Å². The Labute approximate surface area is 107 Å². The maximum Gasteiger partial charge on any atom is 0.239 e. The van der Waals surface area contributed by atoms with Crippen molar-refractivity contribution in [1.29, 1.82) is 0 Å². The van der Waals surface area contributed by atoms with Gasteiger partial charge in [0.2, 0.25) is 11.8 Å². The molecule has 0 spiro atoms. The van der Waals surface area contributed by atoms with Gasteiger partial charge in [0.05, 0.1) is 12.6 Å². The summed E-state index contributed by atoms with van der Waals surface area (Å²) in [5.74, 6) is -0.525. The second-order valence-corrected chi connectivity index (χ2v) is 3.97. The van der Waals surface area contributed by atoms with Crippen molar-refractivity contribution in [2.24, 2.45) is 5.73 Å². The first-order chi connectivity index (χ1) is 8.63. The van der Waals surface area contributed by atoms with Crippen LogP contribution in [0.2, 0.25) is 0 Å². The van der Waals surface area contributed by atoms with Gasteiger partial charge in [-0.2, -0.15) is 0 Å². The van der Waals surface area contributed by atoms with E-state index in [0.29, 0.717) is 13.0 Å². The zero-order chi connectivity index (χ0) is 13.4. The van der Waals surface area contributed by atoms with Crippen LogP contribution in [0.4, 0.5) is 0 Å². The zero-order valence-corrected chi connectivity index (χ0v) is 10.5. The first kappa shape index (κ1) is 14.2. The zero-order valence-electron chi connectivity index (χ0n) is 10.5. The molecule has 5 heteroatoms. The second kappa shape index (κ2) is 7.45. The van der Waals surface area contributed by atoms with Crippen molar-refractivity contribution in [3.63, 3.8) is 0 Å². The van der Waals surface area contributed by atoms with E-state index in [1.54, 1.807) is 0 Å². The Morgan fingerprint density at radius 2 is 1.89 bits per heavy atom. The van der Waals surface area contributed by atoms with Gasteiger partial charge >= 0.3 is 0 Å². The molecular weight excluding hydrogens is 230 g/mol. The number of benzene rings is 1. The number of hydrogen-bond donors (Lipinski definition) is 3. The van der Waals surface area contributed by atoms with Crippen molar-refractivity contribution in [2.45, 2.75) is 19.4 Å². The van der Waals surface area contributed by atoms with Gasteiger partial charge in [-0.15, -0.1) is 0 Å². The van der Waals surface area contributed by atoms with E-state index in [2.05, 4.69) is 10.6 Å². The quantitative estimate of drug-likeness (QED) is 0.653. The topological polar surface area (TPSA) is 84.2 Å². The van der Waals surface area contributed by atoms with Gasteiger partial charge in [0.25, 0.3) is 0 Å². The Balaban J connectivity index is 2.35. The standard InChI is InChI=1S/C13H19N3O2/c1-2-15-12(17)9-16-13(18)11(14)8-10-6-4-3-5-7-10/h3-7,11H,2,8-9,14H2,1H3,(H,15,17)(H,16,18)/t11-/m0/s1. The molecule has 18 heavy (non-hydrogen) atoms. The molecule has 0 radical (unpaired) electrons. The average molecular weight is 249 g/mol. The first-order valence-electron chi connectivity index (χ1n) is 5.97. The Kier molecular flexibility index (Phi) is 5.87. The van der Waals surface area contributed by atoms with Crippen LogP contribution in [0.25, 0.3) is 0 Å². The van der Waals surface area contributed by atoms with Gasteiger partial charge in [0.1, 0.15) is 0 Å². The molecule has 0 fully saturated rings. The molecular formula is C13H19N3O2. The van der Waals surface area contributed by atoms with Crippen LogP contribution in [0.5, 0.6) is 0 Å². The van der Waals surface area contributed by atoms with E-state index < -0.39 is 6.04 Å². The number of nitrogens with two attached hydrogens (primary N) is 1. The maximum absolute atomic E-state index is 11.6. The normalized spacial score (nSPS) is 11.7.